The van der Waals surface area contributed by atoms with Gasteiger partial charge in [0.25, 0.3) is 0 Å². The van der Waals surface area contributed by atoms with Crippen LogP contribution in [-0.2, 0) is 6.54 Å². The number of benzene rings is 1. The fourth-order valence-corrected chi connectivity index (χ4v) is 3.51. The van der Waals surface area contributed by atoms with Crippen LogP contribution in [0.25, 0.3) is 5.82 Å². The molecular formula is C25H35IN6O. The lowest BCUT2D eigenvalue weighted by Gasteiger charge is -2.15. The summed E-state index contributed by atoms with van der Waals surface area (Å²) in [6, 6.07) is 14.4. The Morgan fingerprint density at radius 3 is 2.45 bits per heavy atom. The van der Waals surface area contributed by atoms with Gasteiger partial charge in [0, 0.05) is 25.0 Å². The fraction of sp³-hybridized carbons (Fsp3) is 0.400. The van der Waals surface area contributed by atoms with E-state index in [4.69, 9.17) is 9.73 Å². The number of nitrogens with zero attached hydrogens (tertiary/aromatic N) is 4. The number of ether oxygens (including phenoxy) is 1. The van der Waals surface area contributed by atoms with Crippen molar-refractivity contribution < 1.29 is 4.74 Å². The molecule has 0 aliphatic rings. The molecule has 8 heteroatoms. The van der Waals surface area contributed by atoms with Gasteiger partial charge in [-0.05, 0) is 68.5 Å². The predicted octanol–water partition coefficient (Wildman–Crippen LogP) is 4.76. The van der Waals surface area contributed by atoms with E-state index in [9.17, 15) is 0 Å². The van der Waals surface area contributed by atoms with Crippen LogP contribution in [-0.4, -0.2) is 40.9 Å². The van der Waals surface area contributed by atoms with E-state index in [0.29, 0.717) is 12.5 Å². The minimum Gasteiger partial charge on any atom is -0.497 e. The lowest BCUT2D eigenvalue weighted by atomic mass is 9.98. The van der Waals surface area contributed by atoms with Crippen molar-refractivity contribution in [1.29, 1.82) is 0 Å². The van der Waals surface area contributed by atoms with E-state index < -0.39 is 0 Å². The molecule has 2 N–H and O–H groups in total. The molecule has 0 bridgehead atoms. The molecule has 1 unspecified atom stereocenters. The Balaban J connectivity index is 0.00000385. The van der Waals surface area contributed by atoms with Gasteiger partial charge in [0.2, 0.25) is 0 Å². The second kappa shape index (κ2) is 13.2. The van der Waals surface area contributed by atoms with Crippen molar-refractivity contribution in [3.8, 4) is 11.6 Å². The van der Waals surface area contributed by atoms with Crippen LogP contribution in [0.1, 0.15) is 48.7 Å². The molecule has 0 saturated heterocycles. The molecule has 1 aromatic carbocycles. The van der Waals surface area contributed by atoms with Crippen LogP contribution in [0.4, 0.5) is 0 Å². The van der Waals surface area contributed by atoms with Gasteiger partial charge in [-0.3, -0.25) is 0 Å². The average Bonchev–Trinajstić information content (AvgIpc) is 3.15. The fourth-order valence-electron chi connectivity index (χ4n) is 3.51. The van der Waals surface area contributed by atoms with Crippen molar-refractivity contribution >= 4 is 29.9 Å². The molecule has 0 fully saturated rings. The lowest BCUT2D eigenvalue weighted by Crippen LogP contribution is -2.38. The Bertz CT molecular complexity index is 1010. The number of methoxy groups -OCH3 is 1. The molecule has 0 saturated carbocycles. The highest BCUT2D eigenvalue weighted by Gasteiger charge is 2.07. The van der Waals surface area contributed by atoms with Crippen LogP contribution < -0.4 is 15.4 Å². The summed E-state index contributed by atoms with van der Waals surface area (Å²) in [5.74, 6) is 2.97. The maximum atomic E-state index is 5.24. The van der Waals surface area contributed by atoms with Crippen molar-refractivity contribution in [3.63, 3.8) is 0 Å². The summed E-state index contributed by atoms with van der Waals surface area (Å²) in [5, 5.41) is 11.2. The Morgan fingerprint density at radius 2 is 1.88 bits per heavy atom. The molecule has 33 heavy (non-hydrogen) atoms. The van der Waals surface area contributed by atoms with Gasteiger partial charge in [-0.25, -0.2) is 14.7 Å². The van der Waals surface area contributed by atoms with Crippen LogP contribution in [0.2, 0.25) is 0 Å². The topological polar surface area (TPSA) is 76.4 Å². The van der Waals surface area contributed by atoms with Gasteiger partial charge in [-0.1, -0.05) is 25.1 Å². The normalized spacial score (nSPS) is 12.1. The van der Waals surface area contributed by atoms with Crippen molar-refractivity contribution in [3.05, 3.63) is 71.2 Å². The number of aromatic nitrogens is 3. The number of hydrogen-bond acceptors (Lipinski definition) is 4. The molecule has 0 amide bonds. The van der Waals surface area contributed by atoms with Gasteiger partial charge < -0.3 is 15.4 Å². The summed E-state index contributed by atoms with van der Waals surface area (Å²) in [6.45, 7) is 10.5. The van der Waals surface area contributed by atoms with E-state index >= 15 is 0 Å². The van der Waals surface area contributed by atoms with Crippen molar-refractivity contribution in [1.82, 2.24) is 25.4 Å². The van der Waals surface area contributed by atoms with E-state index in [-0.39, 0.29) is 24.0 Å². The Labute approximate surface area is 214 Å². The van der Waals surface area contributed by atoms with E-state index in [2.05, 4.69) is 52.8 Å². The molecule has 2 heterocycles. The molecule has 178 valence electrons. The molecule has 3 aromatic rings. The summed E-state index contributed by atoms with van der Waals surface area (Å²) in [5.41, 5.74) is 4.42. The minimum absolute atomic E-state index is 0. The zero-order valence-corrected chi connectivity index (χ0v) is 22.5. The highest BCUT2D eigenvalue weighted by atomic mass is 127. The van der Waals surface area contributed by atoms with Crippen LogP contribution >= 0.6 is 24.0 Å². The van der Waals surface area contributed by atoms with Gasteiger partial charge in [0.15, 0.2) is 11.8 Å². The van der Waals surface area contributed by atoms with E-state index in [1.54, 1.807) is 7.11 Å². The first kappa shape index (κ1) is 26.6. The number of guanidine groups is 1. The first-order valence-corrected chi connectivity index (χ1v) is 11.1. The average molecular weight is 563 g/mol. The molecule has 3 rings (SSSR count). The zero-order chi connectivity index (χ0) is 22.9. The maximum absolute atomic E-state index is 5.24. The number of nitrogens with one attached hydrogen (secondary N) is 2. The number of halogens is 1. The van der Waals surface area contributed by atoms with Crippen molar-refractivity contribution in [2.24, 2.45) is 4.99 Å². The van der Waals surface area contributed by atoms with Crippen LogP contribution in [0.15, 0.2) is 53.7 Å². The quantitative estimate of drug-likeness (QED) is 0.224. The van der Waals surface area contributed by atoms with E-state index in [1.165, 1.54) is 5.56 Å². The number of rotatable bonds is 9. The van der Waals surface area contributed by atoms with Crippen molar-refractivity contribution in [2.45, 2.75) is 46.6 Å². The van der Waals surface area contributed by atoms with Gasteiger partial charge in [-0.2, -0.15) is 5.10 Å². The molecular weight excluding hydrogens is 527 g/mol. The highest BCUT2D eigenvalue weighted by molar-refractivity contribution is 14.0. The van der Waals surface area contributed by atoms with Gasteiger partial charge in [-0.15, -0.1) is 24.0 Å². The Kier molecular flexibility index (Phi) is 10.6. The maximum Gasteiger partial charge on any atom is 0.191 e. The third-order valence-electron chi connectivity index (χ3n) is 5.35. The Morgan fingerprint density at radius 1 is 1.12 bits per heavy atom. The second-order valence-electron chi connectivity index (χ2n) is 7.95. The number of hydrogen-bond donors (Lipinski definition) is 2. The third kappa shape index (κ3) is 7.73. The second-order valence-corrected chi connectivity index (χ2v) is 7.95. The summed E-state index contributed by atoms with van der Waals surface area (Å²) >= 11 is 0. The third-order valence-corrected chi connectivity index (χ3v) is 5.35. The standard InChI is InChI=1S/C25H34N6O.HI/c1-6-26-25(27-14-13-18(2)22-8-10-23(32-5)11-9-22)29-17-21-7-12-24(28-16-21)31-20(4)15-19(3)30-31;/h7-12,15-16,18H,6,13-14,17H2,1-5H3,(H2,26,27,29);1H. The van der Waals surface area contributed by atoms with Crippen LogP contribution in [0.5, 0.6) is 5.75 Å². The number of aliphatic imine (C=N–C) groups is 1. The molecule has 0 aliphatic carbocycles. The SMILES string of the molecule is CCNC(=NCc1ccc(-n2nc(C)cc2C)nc1)NCCC(C)c1ccc(OC)cc1.I. The zero-order valence-electron chi connectivity index (χ0n) is 20.1. The van der Waals surface area contributed by atoms with E-state index in [1.807, 2.05) is 49.0 Å². The molecule has 0 radical (unpaired) electrons. The molecule has 7 nitrogen and oxygen atoms in total. The van der Waals surface area contributed by atoms with Crippen molar-refractivity contribution in [2.75, 3.05) is 20.2 Å². The lowest BCUT2D eigenvalue weighted by molar-refractivity contribution is 0.414. The molecule has 0 spiro atoms. The summed E-state index contributed by atoms with van der Waals surface area (Å²) in [4.78, 5) is 9.28. The number of pyridine rings is 1. The molecule has 2 aromatic heterocycles. The van der Waals surface area contributed by atoms with E-state index in [0.717, 1.165) is 54.0 Å². The van der Waals surface area contributed by atoms with Gasteiger partial charge in [0.1, 0.15) is 5.75 Å². The predicted molar refractivity (Wildman–Crippen MR) is 145 cm³/mol. The van der Waals surface area contributed by atoms with Gasteiger partial charge >= 0.3 is 0 Å². The molecule has 0 aliphatic heterocycles. The summed E-state index contributed by atoms with van der Waals surface area (Å²) in [6.07, 6.45) is 2.88. The number of aryl methyl sites for hydroxylation is 2. The van der Waals surface area contributed by atoms with Crippen LogP contribution in [0.3, 0.4) is 0 Å². The minimum atomic E-state index is 0. The summed E-state index contributed by atoms with van der Waals surface area (Å²) < 4.78 is 7.10. The van der Waals surface area contributed by atoms with Gasteiger partial charge in [0.05, 0.1) is 19.3 Å². The molecule has 1 atom stereocenters. The largest absolute Gasteiger partial charge is 0.497 e. The first-order valence-electron chi connectivity index (χ1n) is 11.1. The summed E-state index contributed by atoms with van der Waals surface area (Å²) in [7, 11) is 1.69. The smallest absolute Gasteiger partial charge is 0.191 e. The Hall–Kier alpha value is -2.62. The monoisotopic (exact) mass is 562 g/mol. The first-order chi connectivity index (χ1) is 15.5. The highest BCUT2D eigenvalue weighted by Crippen LogP contribution is 2.21. The van der Waals surface area contributed by atoms with Crippen LogP contribution in [0, 0.1) is 13.8 Å².